The van der Waals surface area contributed by atoms with Crippen molar-refractivity contribution < 1.29 is 4.74 Å². The molecular weight excluding hydrogens is 374 g/mol. The van der Waals surface area contributed by atoms with Crippen molar-refractivity contribution in [3.8, 4) is 17.2 Å². The number of rotatable bonds is 6. The Balaban J connectivity index is 1.57. The van der Waals surface area contributed by atoms with Crippen molar-refractivity contribution in [3.05, 3.63) is 51.4 Å². The number of nitrogens with zero attached hydrogens (tertiary/aromatic N) is 2. The van der Waals surface area contributed by atoms with E-state index < -0.39 is 0 Å². The van der Waals surface area contributed by atoms with E-state index in [9.17, 15) is 10.1 Å². The second-order valence-corrected chi connectivity index (χ2v) is 8.08. The van der Waals surface area contributed by atoms with Gasteiger partial charge in [0.1, 0.15) is 11.6 Å². The topological polar surface area (TPSA) is 67.0 Å². The van der Waals surface area contributed by atoms with Crippen molar-refractivity contribution in [3.63, 3.8) is 0 Å². The van der Waals surface area contributed by atoms with E-state index in [1.54, 1.807) is 10.8 Å². The van der Waals surface area contributed by atoms with Crippen molar-refractivity contribution in [1.29, 1.82) is 5.26 Å². The molecule has 0 amide bonds. The fraction of sp³-hybridized carbons (Fsp3) is 0.455. The maximum Gasteiger partial charge on any atom is 0.269 e. The number of anilines is 1. The summed E-state index contributed by atoms with van der Waals surface area (Å²) in [7, 11) is 0. The Morgan fingerprint density at radius 3 is 2.68 bits per heavy atom. The van der Waals surface area contributed by atoms with Crippen molar-refractivity contribution in [1.82, 2.24) is 4.57 Å². The van der Waals surface area contributed by atoms with Gasteiger partial charge in [0.05, 0.1) is 10.7 Å². The lowest BCUT2D eigenvalue weighted by Crippen LogP contribution is -2.27. The predicted octanol–water partition coefficient (Wildman–Crippen LogP) is 4.43. The molecule has 2 heterocycles. The summed E-state index contributed by atoms with van der Waals surface area (Å²) in [6.07, 6.45) is 7.21. The first kappa shape index (κ1) is 19.0. The van der Waals surface area contributed by atoms with Gasteiger partial charge < -0.3 is 14.6 Å². The van der Waals surface area contributed by atoms with E-state index in [-0.39, 0.29) is 11.1 Å². The van der Waals surface area contributed by atoms with Gasteiger partial charge in [-0.3, -0.25) is 4.79 Å². The van der Waals surface area contributed by atoms with Crippen molar-refractivity contribution in [2.75, 3.05) is 18.5 Å². The minimum atomic E-state index is -0.221. The molecule has 1 aliphatic carbocycles. The number of hydrogen-bond donors (Lipinski definition) is 1. The molecule has 1 saturated carbocycles. The molecule has 1 aromatic carbocycles. The Labute approximate surface area is 169 Å². The van der Waals surface area contributed by atoms with Gasteiger partial charge in [0, 0.05) is 37.6 Å². The third-order valence-electron chi connectivity index (χ3n) is 5.61. The van der Waals surface area contributed by atoms with Crippen molar-refractivity contribution >= 4 is 17.3 Å². The lowest BCUT2D eigenvalue weighted by atomic mass is 10.0. The molecule has 0 atom stereocenters. The van der Waals surface area contributed by atoms with Crippen LogP contribution in [-0.4, -0.2) is 23.8 Å². The smallest absolute Gasteiger partial charge is 0.269 e. The maximum atomic E-state index is 12.7. The average molecular weight is 398 g/mol. The number of aromatic nitrogens is 1. The number of nitriles is 1. The summed E-state index contributed by atoms with van der Waals surface area (Å²) in [6, 6.07) is 9.96. The van der Waals surface area contributed by atoms with Crippen LogP contribution in [0.4, 0.5) is 5.69 Å². The van der Waals surface area contributed by atoms with Gasteiger partial charge in [-0.2, -0.15) is 5.26 Å². The predicted molar refractivity (Wildman–Crippen MR) is 111 cm³/mol. The lowest BCUT2D eigenvalue weighted by molar-refractivity contribution is 0.0904. The normalized spacial score (nSPS) is 17.3. The van der Waals surface area contributed by atoms with Crippen molar-refractivity contribution in [2.45, 2.75) is 44.7 Å². The number of halogens is 1. The molecule has 28 heavy (non-hydrogen) atoms. The summed E-state index contributed by atoms with van der Waals surface area (Å²) in [6.45, 7) is 2.19. The molecule has 146 valence electrons. The average Bonchev–Trinajstić information content (AvgIpc) is 3.54. The molecule has 2 aromatic rings. The zero-order chi connectivity index (χ0) is 19.5. The molecule has 1 aromatic heterocycles. The first-order chi connectivity index (χ1) is 13.7. The minimum absolute atomic E-state index is 0.180. The summed E-state index contributed by atoms with van der Waals surface area (Å²) in [4.78, 5) is 12.7. The maximum absolute atomic E-state index is 12.7. The van der Waals surface area contributed by atoms with Crippen LogP contribution in [0.2, 0.25) is 5.02 Å². The highest BCUT2D eigenvalue weighted by Gasteiger charge is 2.21. The highest BCUT2D eigenvalue weighted by atomic mass is 35.5. The van der Waals surface area contributed by atoms with Gasteiger partial charge in [-0.05, 0) is 48.9 Å². The van der Waals surface area contributed by atoms with E-state index in [4.69, 9.17) is 16.3 Å². The molecule has 0 spiro atoms. The number of benzene rings is 1. The Morgan fingerprint density at radius 2 is 2.00 bits per heavy atom. The first-order valence-electron chi connectivity index (χ1n) is 9.93. The molecule has 6 heteroatoms. The van der Waals surface area contributed by atoms with E-state index >= 15 is 0 Å². The van der Waals surface area contributed by atoms with E-state index in [0.29, 0.717) is 23.2 Å². The van der Waals surface area contributed by atoms with Crippen LogP contribution in [0.15, 0.2) is 35.3 Å². The first-order valence-corrected chi connectivity index (χ1v) is 10.3. The molecule has 1 N–H and O–H groups in total. The van der Waals surface area contributed by atoms with Gasteiger partial charge in [0.2, 0.25) is 0 Å². The lowest BCUT2D eigenvalue weighted by Gasteiger charge is -2.24. The fourth-order valence-corrected chi connectivity index (χ4v) is 3.92. The van der Waals surface area contributed by atoms with Gasteiger partial charge in [0.15, 0.2) is 0 Å². The van der Waals surface area contributed by atoms with E-state index in [1.807, 2.05) is 24.3 Å². The molecule has 0 bridgehead atoms. The SMILES string of the molecule is N#Cc1c(-c2ccc(NC3CCOCC3)c(Cl)c2)ccn(CCC2CC2)c1=O. The third-order valence-corrected chi connectivity index (χ3v) is 5.93. The molecule has 2 fully saturated rings. The van der Waals surface area contributed by atoms with Crippen LogP contribution in [0.5, 0.6) is 0 Å². The fourth-order valence-electron chi connectivity index (χ4n) is 3.69. The molecule has 4 rings (SSSR count). The third kappa shape index (κ3) is 4.24. The van der Waals surface area contributed by atoms with E-state index in [2.05, 4.69) is 11.4 Å². The highest BCUT2D eigenvalue weighted by Crippen LogP contribution is 2.33. The van der Waals surface area contributed by atoms with E-state index in [0.717, 1.165) is 49.6 Å². The summed E-state index contributed by atoms with van der Waals surface area (Å²) in [5.74, 6) is 0.742. The van der Waals surface area contributed by atoms with Crippen LogP contribution in [-0.2, 0) is 11.3 Å². The Bertz CT molecular complexity index is 953. The van der Waals surface area contributed by atoms with Gasteiger partial charge in [-0.15, -0.1) is 0 Å². The van der Waals surface area contributed by atoms with Crippen LogP contribution < -0.4 is 10.9 Å². The second-order valence-electron chi connectivity index (χ2n) is 7.67. The monoisotopic (exact) mass is 397 g/mol. The zero-order valence-corrected chi connectivity index (χ0v) is 16.5. The Morgan fingerprint density at radius 1 is 1.21 bits per heavy atom. The molecule has 0 unspecified atom stereocenters. The summed E-state index contributed by atoms with van der Waals surface area (Å²) >= 11 is 6.50. The number of hydrogen-bond acceptors (Lipinski definition) is 4. The second kappa shape index (κ2) is 8.38. The Kier molecular flexibility index (Phi) is 5.70. The summed E-state index contributed by atoms with van der Waals surface area (Å²) in [5, 5.41) is 13.7. The van der Waals surface area contributed by atoms with Crippen molar-refractivity contribution in [2.24, 2.45) is 5.92 Å². The largest absolute Gasteiger partial charge is 0.381 e. The van der Waals surface area contributed by atoms with Gasteiger partial charge >= 0.3 is 0 Å². The standard InChI is InChI=1S/C22H24ClN3O2/c23-20-13-16(3-4-21(20)25-17-7-11-28-12-8-17)18-6-10-26(9-5-15-1-2-15)22(27)19(18)14-24/h3-4,6,10,13,15,17,25H,1-2,5,7-9,11-12H2. The van der Waals surface area contributed by atoms with Gasteiger partial charge in [-0.25, -0.2) is 0 Å². The summed E-state index contributed by atoms with van der Waals surface area (Å²) < 4.78 is 7.05. The zero-order valence-electron chi connectivity index (χ0n) is 15.8. The van der Waals surface area contributed by atoms with Crippen LogP contribution >= 0.6 is 11.6 Å². The van der Waals surface area contributed by atoms with Crippen LogP contribution in [0.1, 0.15) is 37.7 Å². The van der Waals surface area contributed by atoms with E-state index in [1.165, 1.54) is 12.8 Å². The van der Waals surface area contributed by atoms with Crippen LogP contribution in [0.3, 0.4) is 0 Å². The highest BCUT2D eigenvalue weighted by molar-refractivity contribution is 6.33. The number of nitrogens with one attached hydrogen (secondary N) is 1. The van der Waals surface area contributed by atoms with Crippen LogP contribution in [0, 0.1) is 17.2 Å². The quantitative estimate of drug-likeness (QED) is 0.782. The van der Waals surface area contributed by atoms with Crippen LogP contribution in [0.25, 0.3) is 11.1 Å². The number of pyridine rings is 1. The van der Waals surface area contributed by atoms with Gasteiger partial charge in [0.25, 0.3) is 5.56 Å². The molecule has 1 aliphatic heterocycles. The summed E-state index contributed by atoms with van der Waals surface area (Å²) in [5.41, 5.74) is 2.24. The number of aryl methyl sites for hydroxylation is 1. The molecule has 5 nitrogen and oxygen atoms in total. The minimum Gasteiger partial charge on any atom is -0.381 e. The molecule has 1 saturated heterocycles. The van der Waals surface area contributed by atoms with Gasteiger partial charge in [-0.1, -0.05) is 30.5 Å². The molecular formula is C22H24ClN3O2. The Hall–Kier alpha value is -2.29. The molecule has 0 radical (unpaired) electrons. The molecule has 2 aliphatic rings. The number of ether oxygens (including phenoxy) is 1.